The highest BCUT2D eigenvalue weighted by molar-refractivity contribution is 5.09. The number of pyridine rings is 1. The summed E-state index contributed by atoms with van der Waals surface area (Å²) in [5.74, 6) is 0. The molecule has 1 aromatic heterocycles. The molecule has 0 aliphatic carbocycles. The Morgan fingerprint density at radius 3 is 3.11 bits per heavy atom. The van der Waals surface area contributed by atoms with Gasteiger partial charge in [-0.2, -0.15) is 0 Å². The molecule has 1 aliphatic rings. The largest absolute Gasteiger partial charge is 0.378 e. The van der Waals surface area contributed by atoms with Gasteiger partial charge in [0.05, 0.1) is 11.8 Å². The maximum absolute atomic E-state index is 5.76. The van der Waals surface area contributed by atoms with Gasteiger partial charge < -0.3 is 10.1 Å². The minimum absolute atomic E-state index is 0.451. The third kappa shape index (κ3) is 4.07. The van der Waals surface area contributed by atoms with Gasteiger partial charge in [0.1, 0.15) is 0 Å². The van der Waals surface area contributed by atoms with Crippen molar-refractivity contribution in [3.63, 3.8) is 0 Å². The number of ether oxygens (including phenoxy) is 1. The van der Waals surface area contributed by atoms with E-state index < -0.39 is 0 Å². The Bertz CT molecular complexity index is 365. The van der Waals surface area contributed by atoms with Crippen LogP contribution in [0.4, 0.5) is 0 Å². The van der Waals surface area contributed by atoms with Gasteiger partial charge in [0.25, 0.3) is 0 Å². The van der Waals surface area contributed by atoms with Crippen molar-refractivity contribution in [3.8, 4) is 0 Å². The minimum atomic E-state index is 0.451. The van der Waals surface area contributed by atoms with E-state index in [0.29, 0.717) is 12.1 Å². The molecule has 3 nitrogen and oxygen atoms in total. The van der Waals surface area contributed by atoms with E-state index in [1.54, 1.807) is 0 Å². The number of hydrogen-bond donors (Lipinski definition) is 1. The lowest BCUT2D eigenvalue weighted by Crippen LogP contribution is -2.38. The van der Waals surface area contributed by atoms with E-state index in [1.807, 2.05) is 13.0 Å². The quantitative estimate of drug-likeness (QED) is 0.870. The van der Waals surface area contributed by atoms with Gasteiger partial charge in [-0.1, -0.05) is 19.4 Å². The Labute approximate surface area is 110 Å². The molecule has 2 rings (SSSR count). The summed E-state index contributed by atoms with van der Waals surface area (Å²) in [6.45, 7) is 6.01. The maximum Gasteiger partial charge on any atom is 0.0589 e. The van der Waals surface area contributed by atoms with Crippen LogP contribution in [0, 0.1) is 6.92 Å². The highest BCUT2D eigenvalue weighted by Crippen LogP contribution is 2.18. The summed E-state index contributed by atoms with van der Waals surface area (Å²) >= 11 is 0. The van der Waals surface area contributed by atoms with Crippen LogP contribution in [-0.2, 0) is 11.3 Å². The van der Waals surface area contributed by atoms with E-state index in [-0.39, 0.29) is 0 Å². The Morgan fingerprint density at radius 2 is 2.33 bits per heavy atom. The van der Waals surface area contributed by atoms with Crippen molar-refractivity contribution >= 4 is 0 Å². The Kier molecular flexibility index (Phi) is 5.14. The number of nitrogens with zero attached hydrogens (tertiary/aromatic N) is 1. The molecule has 0 radical (unpaired) electrons. The Morgan fingerprint density at radius 1 is 1.44 bits per heavy atom. The monoisotopic (exact) mass is 248 g/mol. The second-order valence-corrected chi connectivity index (χ2v) is 5.15. The zero-order chi connectivity index (χ0) is 12.8. The van der Waals surface area contributed by atoms with E-state index in [9.17, 15) is 0 Å². The van der Waals surface area contributed by atoms with Crippen LogP contribution in [0.2, 0.25) is 0 Å². The molecule has 3 heteroatoms. The topological polar surface area (TPSA) is 34.2 Å². The number of aromatic nitrogens is 1. The molecule has 1 N–H and O–H groups in total. The lowest BCUT2D eigenvalue weighted by atomic mass is 10.00. The van der Waals surface area contributed by atoms with Crippen molar-refractivity contribution in [1.29, 1.82) is 0 Å². The average molecular weight is 248 g/mol. The van der Waals surface area contributed by atoms with E-state index in [2.05, 4.69) is 29.4 Å². The third-order valence-corrected chi connectivity index (χ3v) is 3.50. The predicted octanol–water partition coefficient (Wildman–Crippen LogP) is 2.83. The minimum Gasteiger partial charge on any atom is -0.378 e. The molecule has 0 bridgehead atoms. The maximum atomic E-state index is 5.76. The van der Waals surface area contributed by atoms with E-state index in [0.717, 1.165) is 37.4 Å². The summed E-state index contributed by atoms with van der Waals surface area (Å²) in [5, 5.41) is 3.61. The molecule has 100 valence electrons. The number of aryl methyl sites for hydroxylation is 1. The fourth-order valence-corrected chi connectivity index (χ4v) is 2.54. The zero-order valence-electron chi connectivity index (χ0n) is 11.5. The van der Waals surface area contributed by atoms with Gasteiger partial charge in [-0.3, -0.25) is 4.98 Å². The standard InChI is InChI=1S/C15H24N2O/c1-3-5-15-10-13(8-9-18-15)16-11-14-7-4-6-12(2)17-14/h4,6-7,13,15-16H,3,5,8-11H2,1-2H3. The molecule has 0 saturated carbocycles. The highest BCUT2D eigenvalue weighted by atomic mass is 16.5. The number of nitrogens with one attached hydrogen (secondary N) is 1. The SMILES string of the molecule is CCCC1CC(NCc2cccc(C)n2)CCO1. The molecule has 0 spiro atoms. The van der Waals surface area contributed by atoms with Gasteiger partial charge in [-0.15, -0.1) is 0 Å². The molecule has 1 aliphatic heterocycles. The van der Waals surface area contributed by atoms with E-state index in [4.69, 9.17) is 4.74 Å². The van der Waals surface area contributed by atoms with E-state index in [1.165, 1.54) is 12.8 Å². The molecule has 1 fully saturated rings. The molecule has 1 aromatic rings. The van der Waals surface area contributed by atoms with Crippen molar-refractivity contribution in [2.75, 3.05) is 6.61 Å². The molecule has 18 heavy (non-hydrogen) atoms. The summed E-state index contributed by atoms with van der Waals surface area (Å²) in [6.07, 6.45) is 5.09. The zero-order valence-corrected chi connectivity index (χ0v) is 11.5. The summed E-state index contributed by atoms with van der Waals surface area (Å²) in [5.41, 5.74) is 2.22. The van der Waals surface area contributed by atoms with Crippen molar-refractivity contribution in [2.24, 2.45) is 0 Å². The lowest BCUT2D eigenvalue weighted by Gasteiger charge is -2.30. The number of hydrogen-bond acceptors (Lipinski definition) is 3. The molecular formula is C15H24N2O. The van der Waals surface area contributed by atoms with Crippen molar-refractivity contribution in [3.05, 3.63) is 29.6 Å². The van der Waals surface area contributed by atoms with Gasteiger partial charge >= 0.3 is 0 Å². The van der Waals surface area contributed by atoms with Crippen LogP contribution in [0.5, 0.6) is 0 Å². The molecule has 2 unspecified atom stereocenters. The molecule has 0 aromatic carbocycles. The van der Waals surface area contributed by atoms with Gasteiger partial charge in [-0.05, 0) is 38.3 Å². The van der Waals surface area contributed by atoms with Crippen LogP contribution in [0.25, 0.3) is 0 Å². The summed E-state index contributed by atoms with van der Waals surface area (Å²) in [6, 6.07) is 6.78. The molecular weight excluding hydrogens is 224 g/mol. The highest BCUT2D eigenvalue weighted by Gasteiger charge is 2.21. The fourth-order valence-electron chi connectivity index (χ4n) is 2.54. The van der Waals surface area contributed by atoms with Crippen LogP contribution >= 0.6 is 0 Å². The first-order valence-electron chi connectivity index (χ1n) is 7.05. The van der Waals surface area contributed by atoms with Crippen molar-refractivity contribution in [2.45, 2.75) is 58.2 Å². The smallest absolute Gasteiger partial charge is 0.0589 e. The summed E-state index contributed by atoms with van der Waals surface area (Å²) < 4.78 is 5.76. The molecule has 2 atom stereocenters. The lowest BCUT2D eigenvalue weighted by molar-refractivity contribution is -0.00347. The summed E-state index contributed by atoms with van der Waals surface area (Å²) in [7, 11) is 0. The van der Waals surface area contributed by atoms with Crippen molar-refractivity contribution < 1.29 is 4.74 Å². The second kappa shape index (κ2) is 6.86. The Balaban J connectivity index is 1.79. The third-order valence-electron chi connectivity index (χ3n) is 3.50. The molecule has 0 amide bonds. The van der Waals surface area contributed by atoms with Crippen LogP contribution < -0.4 is 5.32 Å². The van der Waals surface area contributed by atoms with Gasteiger partial charge in [0.15, 0.2) is 0 Å². The van der Waals surface area contributed by atoms with Gasteiger partial charge in [-0.25, -0.2) is 0 Å². The number of rotatable bonds is 5. The first-order chi connectivity index (χ1) is 8.78. The molecule has 1 saturated heterocycles. The fraction of sp³-hybridized carbons (Fsp3) is 0.667. The second-order valence-electron chi connectivity index (χ2n) is 5.15. The normalized spacial score (nSPS) is 24.1. The van der Waals surface area contributed by atoms with Crippen LogP contribution in [0.1, 0.15) is 44.0 Å². The predicted molar refractivity (Wildman–Crippen MR) is 73.5 cm³/mol. The van der Waals surface area contributed by atoms with Crippen molar-refractivity contribution in [1.82, 2.24) is 10.3 Å². The first kappa shape index (κ1) is 13.5. The Hall–Kier alpha value is -0.930. The molecule has 2 heterocycles. The first-order valence-corrected chi connectivity index (χ1v) is 7.05. The van der Waals surface area contributed by atoms with Crippen LogP contribution in [-0.4, -0.2) is 23.7 Å². The average Bonchev–Trinajstić information content (AvgIpc) is 2.37. The van der Waals surface area contributed by atoms with Crippen LogP contribution in [0.15, 0.2) is 18.2 Å². The van der Waals surface area contributed by atoms with Crippen LogP contribution in [0.3, 0.4) is 0 Å². The van der Waals surface area contributed by atoms with Gasteiger partial charge in [0, 0.05) is 24.9 Å². The summed E-state index contributed by atoms with van der Waals surface area (Å²) in [4.78, 5) is 4.52. The van der Waals surface area contributed by atoms with E-state index >= 15 is 0 Å². The van der Waals surface area contributed by atoms with Gasteiger partial charge in [0.2, 0.25) is 0 Å².